The number of nitrogens with one attached hydrogen (secondary N) is 2. The van der Waals surface area contributed by atoms with E-state index in [-0.39, 0.29) is 15.5 Å². The summed E-state index contributed by atoms with van der Waals surface area (Å²) in [5, 5.41) is 2.97. The van der Waals surface area contributed by atoms with E-state index in [9.17, 15) is 22.4 Å². The average Bonchev–Trinajstić information content (AvgIpc) is 3.14. The number of sulfonamides is 1. The Balaban J connectivity index is 1.46. The van der Waals surface area contributed by atoms with E-state index in [0.717, 1.165) is 22.2 Å². The second-order valence-electron chi connectivity index (χ2n) is 8.67. The van der Waals surface area contributed by atoms with Gasteiger partial charge in [0.05, 0.1) is 10.6 Å². The van der Waals surface area contributed by atoms with Crippen molar-refractivity contribution in [2.75, 3.05) is 14.9 Å². The van der Waals surface area contributed by atoms with Crippen molar-refractivity contribution in [1.82, 2.24) is 0 Å². The summed E-state index contributed by atoms with van der Waals surface area (Å²) in [7, 11) is -3.84. The summed E-state index contributed by atoms with van der Waals surface area (Å²) >= 11 is 1.03. The minimum atomic E-state index is -3.84. The van der Waals surface area contributed by atoms with Gasteiger partial charge in [-0.1, -0.05) is 53.7 Å². The molecule has 2 amide bonds. The first-order valence-electron chi connectivity index (χ1n) is 11.8. The first kappa shape index (κ1) is 26.2. The number of halogens is 1. The Morgan fingerprint density at radius 2 is 1.46 bits per heavy atom. The van der Waals surface area contributed by atoms with E-state index in [1.54, 1.807) is 66.7 Å². The number of aryl methyl sites for hydroxylation is 1. The van der Waals surface area contributed by atoms with E-state index >= 15 is 0 Å². The van der Waals surface area contributed by atoms with Gasteiger partial charge < -0.3 is 5.32 Å². The van der Waals surface area contributed by atoms with Crippen LogP contribution in [0.3, 0.4) is 0 Å². The molecule has 0 radical (unpaired) electrons. The standard InChI is InChI=1S/C29H22FN3O4S2/c1-19-10-16-25(17-11-19)39(36,37)32-22-6-5-9-24(18-22)38-27-26(31-21-14-12-20(30)13-15-21)28(34)33(29(27)35)23-7-3-2-4-8-23/h2-18,31-32H,1H3. The third-order valence-electron chi connectivity index (χ3n) is 5.81. The zero-order valence-electron chi connectivity index (χ0n) is 20.6. The quantitative estimate of drug-likeness (QED) is 0.260. The molecule has 0 aliphatic carbocycles. The minimum absolute atomic E-state index is 0.0334. The molecule has 10 heteroatoms. The van der Waals surface area contributed by atoms with Crippen LogP contribution < -0.4 is 14.9 Å². The molecule has 2 N–H and O–H groups in total. The second-order valence-corrected chi connectivity index (χ2v) is 11.4. The van der Waals surface area contributed by atoms with Crippen LogP contribution in [0, 0.1) is 12.7 Å². The highest BCUT2D eigenvalue weighted by molar-refractivity contribution is 8.04. The van der Waals surface area contributed by atoms with Crippen molar-refractivity contribution in [3.8, 4) is 0 Å². The summed E-state index contributed by atoms with van der Waals surface area (Å²) in [5.41, 5.74) is 2.10. The fourth-order valence-electron chi connectivity index (χ4n) is 3.88. The Hall–Kier alpha value is -4.41. The highest BCUT2D eigenvalue weighted by Gasteiger charge is 2.40. The van der Waals surface area contributed by atoms with Gasteiger partial charge in [0, 0.05) is 16.3 Å². The Kier molecular flexibility index (Phi) is 7.23. The van der Waals surface area contributed by atoms with Crippen LogP contribution in [0.5, 0.6) is 0 Å². The fraction of sp³-hybridized carbons (Fsp3) is 0.0345. The molecule has 196 valence electrons. The van der Waals surface area contributed by atoms with Crippen LogP contribution in [0.2, 0.25) is 0 Å². The van der Waals surface area contributed by atoms with Crippen LogP contribution >= 0.6 is 11.8 Å². The topological polar surface area (TPSA) is 95.6 Å². The van der Waals surface area contributed by atoms with Crippen molar-refractivity contribution >= 4 is 50.7 Å². The third kappa shape index (κ3) is 5.71. The molecule has 0 aromatic heterocycles. The minimum Gasteiger partial charge on any atom is -0.350 e. The van der Waals surface area contributed by atoms with Crippen LogP contribution in [-0.4, -0.2) is 20.2 Å². The van der Waals surface area contributed by atoms with Gasteiger partial charge in [-0.25, -0.2) is 17.7 Å². The molecule has 1 heterocycles. The van der Waals surface area contributed by atoms with E-state index in [2.05, 4.69) is 10.0 Å². The number of anilines is 3. The molecule has 0 saturated heterocycles. The molecule has 0 bridgehead atoms. The highest BCUT2D eigenvalue weighted by Crippen LogP contribution is 2.38. The number of imide groups is 1. The number of benzene rings is 4. The lowest BCUT2D eigenvalue weighted by Crippen LogP contribution is -2.32. The number of para-hydroxylation sites is 1. The van der Waals surface area contributed by atoms with Crippen LogP contribution in [0.1, 0.15) is 5.56 Å². The predicted molar refractivity (Wildman–Crippen MR) is 150 cm³/mol. The van der Waals surface area contributed by atoms with Gasteiger partial charge in [0.1, 0.15) is 16.4 Å². The largest absolute Gasteiger partial charge is 0.350 e. The maximum absolute atomic E-state index is 13.5. The summed E-state index contributed by atoms with van der Waals surface area (Å²) in [5.74, 6) is -1.53. The second kappa shape index (κ2) is 10.8. The maximum Gasteiger partial charge on any atom is 0.283 e. The molecule has 0 fully saturated rings. The van der Waals surface area contributed by atoms with Gasteiger partial charge in [-0.3, -0.25) is 14.3 Å². The van der Waals surface area contributed by atoms with Gasteiger partial charge in [0.2, 0.25) is 0 Å². The number of hydrogen-bond acceptors (Lipinski definition) is 6. The van der Waals surface area contributed by atoms with Gasteiger partial charge in [-0.05, 0) is 73.7 Å². The van der Waals surface area contributed by atoms with E-state index in [0.29, 0.717) is 22.0 Å². The molecule has 4 aromatic carbocycles. The summed E-state index contributed by atoms with van der Waals surface area (Å²) in [6.45, 7) is 1.87. The van der Waals surface area contributed by atoms with Gasteiger partial charge in [0.25, 0.3) is 21.8 Å². The number of thioether (sulfide) groups is 1. The maximum atomic E-state index is 13.5. The zero-order valence-corrected chi connectivity index (χ0v) is 22.2. The molecular weight excluding hydrogens is 537 g/mol. The molecule has 7 nitrogen and oxygen atoms in total. The smallest absolute Gasteiger partial charge is 0.283 e. The first-order chi connectivity index (χ1) is 18.7. The SMILES string of the molecule is Cc1ccc(S(=O)(=O)Nc2cccc(SC3=C(Nc4ccc(F)cc4)C(=O)N(c4ccccc4)C3=O)c2)cc1. The van der Waals surface area contributed by atoms with Crippen molar-refractivity contribution in [2.45, 2.75) is 16.7 Å². The third-order valence-corrected chi connectivity index (χ3v) is 8.28. The molecule has 0 atom stereocenters. The Morgan fingerprint density at radius 3 is 2.15 bits per heavy atom. The number of hydrogen-bond donors (Lipinski definition) is 2. The number of carbonyl (C=O) groups excluding carboxylic acids is 2. The molecule has 0 unspecified atom stereocenters. The normalized spacial score (nSPS) is 13.6. The van der Waals surface area contributed by atoms with Gasteiger partial charge >= 0.3 is 0 Å². The molecule has 0 saturated carbocycles. The molecule has 5 rings (SSSR count). The van der Waals surface area contributed by atoms with Crippen LogP contribution in [-0.2, 0) is 19.6 Å². The van der Waals surface area contributed by atoms with E-state index in [4.69, 9.17) is 0 Å². The predicted octanol–water partition coefficient (Wildman–Crippen LogP) is 5.92. The molecule has 1 aliphatic rings. The van der Waals surface area contributed by atoms with Gasteiger partial charge in [-0.2, -0.15) is 0 Å². The lowest BCUT2D eigenvalue weighted by Gasteiger charge is -2.15. The number of rotatable bonds is 8. The summed E-state index contributed by atoms with van der Waals surface area (Å²) < 4.78 is 41.8. The average molecular weight is 560 g/mol. The van der Waals surface area contributed by atoms with Gasteiger partial charge in [-0.15, -0.1) is 0 Å². The van der Waals surface area contributed by atoms with Crippen molar-refractivity contribution in [3.05, 3.63) is 125 Å². The lowest BCUT2D eigenvalue weighted by molar-refractivity contribution is -0.120. The highest BCUT2D eigenvalue weighted by atomic mass is 32.2. The molecule has 39 heavy (non-hydrogen) atoms. The number of nitrogens with zero attached hydrogens (tertiary/aromatic N) is 1. The molecule has 0 spiro atoms. The van der Waals surface area contributed by atoms with Crippen molar-refractivity contribution < 1.29 is 22.4 Å². The van der Waals surface area contributed by atoms with Crippen molar-refractivity contribution in [1.29, 1.82) is 0 Å². The van der Waals surface area contributed by atoms with Gasteiger partial charge in [0.15, 0.2) is 0 Å². The van der Waals surface area contributed by atoms with Crippen LogP contribution in [0.15, 0.2) is 124 Å². The van der Waals surface area contributed by atoms with Crippen LogP contribution in [0.25, 0.3) is 0 Å². The fourth-order valence-corrected chi connectivity index (χ4v) is 5.91. The summed E-state index contributed by atoms with van der Waals surface area (Å²) in [4.78, 5) is 28.8. The van der Waals surface area contributed by atoms with Crippen LogP contribution in [0.4, 0.5) is 21.5 Å². The van der Waals surface area contributed by atoms with E-state index < -0.39 is 27.7 Å². The van der Waals surface area contributed by atoms with E-state index in [1.807, 2.05) is 6.92 Å². The monoisotopic (exact) mass is 559 g/mol. The number of carbonyl (C=O) groups is 2. The first-order valence-corrected chi connectivity index (χ1v) is 14.1. The Labute approximate surface area is 229 Å². The Morgan fingerprint density at radius 1 is 0.769 bits per heavy atom. The van der Waals surface area contributed by atoms with Crippen molar-refractivity contribution in [2.24, 2.45) is 0 Å². The Bertz CT molecular complexity index is 1690. The molecular formula is C29H22FN3O4S2. The summed E-state index contributed by atoms with van der Waals surface area (Å²) in [6, 6.07) is 27.0. The lowest BCUT2D eigenvalue weighted by atomic mass is 10.2. The molecule has 1 aliphatic heterocycles. The van der Waals surface area contributed by atoms with E-state index in [1.165, 1.54) is 36.4 Å². The number of amides is 2. The molecule has 4 aromatic rings. The van der Waals surface area contributed by atoms with Crippen molar-refractivity contribution in [3.63, 3.8) is 0 Å². The zero-order chi connectivity index (χ0) is 27.6. The summed E-state index contributed by atoms with van der Waals surface area (Å²) in [6.07, 6.45) is 0.